The summed E-state index contributed by atoms with van der Waals surface area (Å²) >= 11 is 1.63. The minimum absolute atomic E-state index is 0.777. The van der Waals surface area contributed by atoms with Crippen molar-refractivity contribution in [1.82, 2.24) is 14.5 Å². The van der Waals surface area contributed by atoms with Crippen LogP contribution in [0.1, 0.15) is 5.69 Å². The number of rotatable bonds is 6. The van der Waals surface area contributed by atoms with Crippen LogP contribution in [0.3, 0.4) is 0 Å². The number of thiazole rings is 1. The van der Waals surface area contributed by atoms with Gasteiger partial charge in [-0.25, -0.2) is 9.97 Å². The Labute approximate surface area is 98.7 Å². The molecule has 2 rings (SSSR count). The SMILES string of the molecule is C=CCn1ccnc1NCCc1cscn1. The number of allylic oxidation sites excluding steroid dienone is 1. The topological polar surface area (TPSA) is 42.7 Å². The predicted octanol–water partition coefficient (Wildman–Crippen LogP) is 2.18. The van der Waals surface area contributed by atoms with Gasteiger partial charge in [0.15, 0.2) is 0 Å². The molecule has 0 bridgehead atoms. The van der Waals surface area contributed by atoms with Crippen LogP contribution in [-0.4, -0.2) is 21.1 Å². The van der Waals surface area contributed by atoms with Crippen molar-refractivity contribution in [3.63, 3.8) is 0 Å². The summed E-state index contributed by atoms with van der Waals surface area (Å²) in [7, 11) is 0. The first-order valence-electron chi connectivity index (χ1n) is 5.13. The Hall–Kier alpha value is -1.62. The third-order valence-corrected chi connectivity index (χ3v) is 2.82. The van der Waals surface area contributed by atoms with Crippen LogP contribution in [0.25, 0.3) is 0 Å². The highest BCUT2D eigenvalue weighted by Gasteiger charge is 2.00. The van der Waals surface area contributed by atoms with Gasteiger partial charge in [-0.15, -0.1) is 17.9 Å². The van der Waals surface area contributed by atoms with Crippen molar-refractivity contribution in [3.8, 4) is 0 Å². The van der Waals surface area contributed by atoms with Gasteiger partial charge in [-0.05, 0) is 0 Å². The van der Waals surface area contributed by atoms with Gasteiger partial charge in [0, 0.05) is 37.3 Å². The fraction of sp³-hybridized carbons (Fsp3) is 0.273. The molecule has 0 aliphatic rings. The molecule has 0 amide bonds. The third kappa shape index (κ3) is 2.70. The standard InChI is InChI=1S/C11H14N4S/c1-2-6-15-7-5-13-11(15)12-4-3-10-8-16-9-14-10/h2,5,7-9H,1,3-4,6H2,(H,12,13). The molecule has 0 saturated heterocycles. The second-order valence-corrected chi connectivity index (χ2v) is 4.07. The summed E-state index contributed by atoms with van der Waals surface area (Å²) in [4.78, 5) is 8.47. The summed E-state index contributed by atoms with van der Waals surface area (Å²) < 4.78 is 2.02. The van der Waals surface area contributed by atoms with Gasteiger partial charge in [-0.2, -0.15) is 0 Å². The predicted molar refractivity (Wildman–Crippen MR) is 66.7 cm³/mol. The molecule has 0 atom stereocenters. The average Bonchev–Trinajstić information content (AvgIpc) is 2.91. The van der Waals surface area contributed by atoms with Gasteiger partial charge in [0.1, 0.15) is 0 Å². The maximum atomic E-state index is 4.24. The lowest BCUT2D eigenvalue weighted by Gasteiger charge is -2.06. The summed E-state index contributed by atoms with van der Waals surface area (Å²) in [5.41, 5.74) is 2.98. The molecule has 5 heteroatoms. The number of imidazole rings is 1. The molecule has 2 aromatic heterocycles. The highest BCUT2D eigenvalue weighted by molar-refractivity contribution is 7.07. The van der Waals surface area contributed by atoms with Gasteiger partial charge in [0.2, 0.25) is 5.95 Å². The first-order valence-corrected chi connectivity index (χ1v) is 6.07. The van der Waals surface area contributed by atoms with E-state index in [1.807, 2.05) is 22.4 Å². The van der Waals surface area contributed by atoms with Crippen LogP contribution in [0.5, 0.6) is 0 Å². The summed E-state index contributed by atoms with van der Waals surface area (Å²) in [5.74, 6) is 0.884. The van der Waals surface area contributed by atoms with Gasteiger partial charge in [0.25, 0.3) is 0 Å². The molecule has 0 aliphatic carbocycles. The zero-order valence-electron chi connectivity index (χ0n) is 8.97. The van der Waals surface area contributed by atoms with Crippen molar-refractivity contribution in [2.75, 3.05) is 11.9 Å². The summed E-state index contributed by atoms with van der Waals surface area (Å²) in [6, 6.07) is 0. The van der Waals surface area contributed by atoms with E-state index in [4.69, 9.17) is 0 Å². The van der Waals surface area contributed by atoms with Gasteiger partial charge in [-0.3, -0.25) is 0 Å². The van der Waals surface area contributed by atoms with Crippen LogP contribution in [-0.2, 0) is 13.0 Å². The highest BCUT2D eigenvalue weighted by atomic mass is 32.1. The highest BCUT2D eigenvalue weighted by Crippen LogP contribution is 2.06. The minimum Gasteiger partial charge on any atom is -0.355 e. The summed E-state index contributed by atoms with van der Waals surface area (Å²) in [6.45, 7) is 5.33. The smallest absolute Gasteiger partial charge is 0.203 e. The van der Waals surface area contributed by atoms with Gasteiger partial charge in [0.05, 0.1) is 11.2 Å². The molecule has 0 unspecified atom stereocenters. The van der Waals surface area contributed by atoms with Crippen LogP contribution >= 0.6 is 11.3 Å². The van der Waals surface area contributed by atoms with E-state index in [0.29, 0.717) is 0 Å². The molecular formula is C11H14N4S. The van der Waals surface area contributed by atoms with E-state index in [2.05, 4.69) is 27.2 Å². The summed E-state index contributed by atoms with van der Waals surface area (Å²) in [6.07, 6.45) is 6.50. The third-order valence-electron chi connectivity index (χ3n) is 2.19. The molecule has 2 heterocycles. The second kappa shape index (κ2) is 5.46. The van der Waals surface area contributed by atoms with Crippen molar-refractivity contribution in [3.05, 3.63) is 41.6 Å². The Morgan fingerprint density at radius 2 is 2.44 bits per heavy atom. The molecule has 0 spiro atoms. The van der Waals surface area contributed by atoms with Crippen LogP contribution in [0, 0.1) is 0 Å². The van der Waals surface area contributed by atoms with Gasteiger partial charge in [-0.1, -0.05) is 6.08 Å². The maximum absolute atomic E-state index is 4.24. The lowest BCUT2D eigenvalue weighted by Crippen LogP contribution is -2.10. The number of aromatic nitrogens is 3. The molecule has 84 valence electrons. The second-order valence-electron chi connectivity index (χ2n) is 3.35. The Morgan fingerprint density at radius 1 is 1.50 bits per heavy atom. The summed E-state index contributed by atoms with van der Waals surface area (Å²) in [5, 5.41) is 5.35. The zero-order chi connectivity index (χ0) is 11.2. The molecule has 1 N–H and O–H groups in total. The van der Waals surface area contributed by atoms with Crippen LogP contribution < -0.4 is 5.32 Å². The van der Waals surface area contributed by atoms with Crippen LogP contribution in [0.2, 0.25) is 0 Å². The molecule has 0 radical (unpaired) electrons. The Bertz CT molecular complexity index is 433. The van der Waals surface area contributed by atoms with E-state index < -0.39 is 0 Å². The first kappa shape index (κ1) is 10.9. The molecular weight excluding hydrogens is 220 g/mol. The zero-order valence-corrected chi connectivity index (χ0v) is 9.78. The molecule has 4 nitrogen and oxygen atoms in total. The van der Waals surface area contributed by atoms with E-state index in [-0.39, 0.29) is 0 Å². The van der Waals surface area contributed by atoms with E-state index in [1.54, 1.807) is 17.5 Å². The number of hydrogen-bond donors (Lipinski definition) is 1. The molecule has 0 aliphatic heterocycles. The van der Waals surface area contributed by atoms with E-state index in [1.165, 1.54) is 0 Å². The minimum atomic E-state index is 0.777. The van der Waals surface area contributed by atoms with Crippen molar-refractivity contribution in [2.45, 2.75) is 13.0 Å². The number of anilines is 1. The van der Waals surface area contributed by atoms with Gasteiger partial charge >= 0.3 is 0 Å². The quantitative estimate of drug-likeness (QED) is 0.779. The lowest BCUT2D eigenvalue weighted by molar-refractivity contribution is 0.815. The van der Waals surface area contributed by atoms with E-state index >= 15 is 0 Å². The van der Waals surface area contributed by atoms with E-state index in [9.17, 15) is 0 Å². The number of nitrogens with one attached hydrogen (secondary N) is 1. The normalized spacial score (nSPS) is 10.2. The molecule has 0 fully saturated rings. The molecule has 0 aromatic carbocycles. The number of hydrogen-bond acceptors (Lipinski definition) is 4. The molecule has 2 aromatic rings. The Kier molecular flexibility index (Phi) is 3.71. The first-order chi connectivity index (χ1) is 7.90. The van der Waals surface area contributed by atoms with Crippen LogP contribution in [0.15, 0.2) is 35.9 Å². The molecule has 0 saturated carbocycles. The Balaban J connectivity index is 1.84. The van der Waals surface area contributed by atoms with Crippen molar-refractivity contribution >= 4 is 17.3 Å². The fourth-order valence-electron chi connectivity index (χ4n) is 1.43. The van der Waals surface area contributed by atoms with E-state index in [0.717, 1.165) is 31.2 Å². The maximum Gasteiger partial charge on any atom is 0.203 e. The fourth-order valence-corrected chi connectivity index (χ4v) is 2.02. The van der Waals surface area contributed by atoms with Crippen molar-refractivity contribution in [2.24, 2.45) is 0 Å². The average molecular weight is 234 g/mol. The Morgan fingerprint density at radius 3 is 3.19 bits per heavy atom. The van der Waals surface area contributed by atoms with Gasteiger partial charge < -0.3 is 9.88 Å². The lowest BCUT2D eigenvalue weighted by atomic mass is 10.3. The molecule has 16 heavy (non-hydrogen) atoms. The van der Waals surface area contributed by atoms with Crippen LogP contribution in [0.4, 0.5) is 5.95 Å². The monoisotopic (exact) mass is 234 g/mol. The largest absolute Gasteiger partial charge is 0.355 e. The number of nitrogens with zero attached hydrogens (tertiary/aromatic N) is 3. The van der Waals surface area contributed by atoms with Crippen molar-refractivity contribution < 1.29 is 0 Å². The van der Waals surface area contributed by atoms with Crippen molar-refractivity contribution in [1.29, 1.82) is 0 Å².